The van der Waals surface area contributed by atoms with E-state index < -0.39 is 16.1 Å². The molecule has 0 saturated carbocycles. The molecule has 3 aromatic carbocycles. The van der Waals surface area contributed by atoms with Crippen molar-refractivity contribution in [3.8, 4) is 11.8 Å². The molecule has 172 valence electrons. The second-order valence-electron chi connectivity index (χ2n) is 7.40. The van der Waals surface area contributed by atoms with Crippen LogP contribution in [0.3, 0.4) is 0 Å². The van der Waals surface area contributed by atoms with Crippen LogP contribution in [0.2, 0.25) is 0 Å². The summed E-state index contributed by atoms with van der Waals surface area (Å²) in [5.41, 5.74) is 7.91. The molecule has 0 unspecified atom stereocenters. The summed E-state index contributed by atoms with van der Waals surface area (Å²) in [5.74, 6) is 0.475. The number of benzene rings is 3. The number of anilines is 2. The van der Waals surface area contributed by atoms with E-state index in [-0.39, 0.29) is 11.5 Å². The Morgan fingerprint density at radius 3 is 2.48 bits per heavy atom. The van der Waals surface area contributed by atoms with Crippen molar-refractivity contribution in [3.63, 3.8) is 0 Å². The monoisotopic (exact) mass is 466 g/mol. The second kappa shape index (κ2) is 11.3. The predicted molar refractivity (Wildman–Crippen MR) is 127 cm³/mol. The predicted octanol–water partition coefficient (Wildman–Crippen LogP) is 2.51. The number of aliphatic hydroxyl groups is 1. The Kier molecular flexibility index (Phi) is 8.27. The number of nitriles is 1. The second-order valence-corrected chi connectivity index (χ2v) is 9.08. The van der Waals surface area contributed by atoms with Gasteiger partial charge in [-0.3, -0.25) is 4.72 Å². The van der Waals surface area contributed by atoms with Gasteiger partial charge in [0.05, 0.1) is 10.5 Å². The lowest BCUT2D eigenvalue weighted by Gasteiger charge is -2.14. The highest BCUT2D eigenvalue weighted by Crippen LogP contribution is 2.19. The standard InChI is InChI=1S/C24H26N4O4S/c25-15-19-14-22(10-11-24(19)26)32-17-21(29)16-27-13-12-18-6-8-20(9-7-18)28-33(30,31)23-4-2-1-3-5-23/h1-11,14,21,27-29H,12-13,16-17,26H2/t21-/m0/s1. The molecular weight excluding hydrogens is 440 g/mol. The smallest absolute Gasteiger partial charge is 0.261 e. The SMILES string of the molecule is N#Cc1cc(OC[C@@H](O)CNCCc2ccc(NS(=O)(=O)c3ccccc3)cc2)ccc1N. The van der Waals surface area contributed by atoms with E-state index in [2.05, 4.69) is 10.0 Å². The van der Waals surface area contributed by atoms with Gasteiger partial charge in [0.1, 0.15) is 24.5 Å². The van der Waals surface area contributed by atoms with Crippen molar-refractivity contribution in [1.29, 1.82) is 5.26 Å². The average molecular weight is 467 g/mol. The maximum Gasteiger partial charge on any atom is 0.261 e. The van der Waals surface area contributed by atoms with Crippen LogP contribution in [0.5, 0.6) is 5.75 Å². The van der Waals surface area contributed by atoms with Crippen LogP contribution in [0.25, 0.3) is 0 Å². The van der Waals surface area contributed by atoms with E-state index in [4.69, 9.17) is 15.7 Å². The van der Waals surface area contributed by atoms with Crippen molar-refractivity contribution in [2.24, 2.45) is 0 Å². The first kappa shape index (κ1) is 24.1. The van der Waals surface area contributed by atoms with Crippen LogP contribution in [0.1, 0.15) is 11.1 Å². The summed E-state index contributed by atoms with van der Waals surface area (Å²) in [4.78, 5) is 0.211. The third-order valence-corrected chi connectivity index (χ3v) is 6.21. The number of nitrogens with one attached hydrogen (secondary N) is 2. The summed E-state index contributed by atoms with van der Waals surface area (Å²) in [5, 5.41) is 22.2. The number of nitrogens with zero attached hydrogens (tertiary/aromatic N) is 1. The number of aliphatic hydroxyl groups excluding tert-OH is 1. The molecule has 3 aromatic rings. The van der Waals surface area contributed by atoms with E-state index >= 15 is 0 Å². The molecule has 0 radical (unpaired) electrons. The largest absolute Gasteiger partial charge is 0.491 e. The lowest BCUT2D eigenvalue weighted by molar-refractivity contribution is 0.106. The van der Waals surface area contributed by atoms with Crippen LogP contribution >= 0.6 is 0 Å². The van der Waals surface area contributed by atoms with Crippen molar-refractivity contribution in [3.05, 3.63) is 83.9 Å². The summed E-state index contributed by atoms with van der Waals surface area (Å²) in [7, 11) is -3.61. The molecule has 0 heterocycles. The zero-order valence-electron chi connectivity index (χ0n) is 17.9. The van der Waals surface area contributed by atoms with Gasteiger partial charge in [-0.1, -0.05) is 30.3 Å². The van der Waals surface area contributed by atoms with Crippen molar-refractivity contribution >= 4 is 21.4 Å². The van der Waals surface area contributed by atoms with E-state index in [0.29, 0.717) is 42.2 Å². The highest BCUT2D eigenvalue weighted by atomic mass is 32.2. The van der Waals surface area contributed by atoms with E-state index in [1.807, 2.05) is 18.2 Å². The topological polar surface area (TPSA) is 137 Å². The van der Waals surface area contributed by atoms with Gasteiger partial charge in [-0.25, -0.2) is 8.42 Å². The number of rotatable bonds is 11. The fraction of sp³-hybridized carbons (Fsp3) is 0.208. The quantitative estimate of drug-likeness (QED) is 0.252. The van der Waals surface area contributed by atoms with Gasteiger partial charge in [0.15, 0.2) is 0 Å². The Morgan fingerprint density at radius 2 is 1.79 bits per heavy atom. The first-order valence-electron chi connectivity index (χ1n) is 10.4. The van der Waals surface area contributed by atoms with Gasteiger partial charge >= 0.3 is 0 Å². The molecule has 0 fully saturated rings. The number of hydrogen-bond donors (Lipinski definition) is 4. The van der Waals surface area contributed by atoms with E-state index in [9.17, 15) is 13.5 Å². The van der Waals surface area contributed by atoms with Gasteiger partial charge in [-0.05, 0) is 61.0 Å². The molecule has 0 amide bonds. The Bertz CT molecular complexity index is 1190. The normalized spacial score (nSPS) is 12.0. The van der Waals surface area contributed by atoms with Crippen LogP contribution in [0.4, 0.5) is 11.4 Å². The first-order chi connectivity index (χ1) is 15.9. The summed E-state index contributed by atoms with van der Waals surface area (Å²) in [6.45, 7) is 1.06. The number of nitrogen functional groups attached to an aromatic ring is 1. The molecule has 0 bridgehead atoms. The molecular formula is C24H26N4O4S. The van der Waals surface area contributed by atoms with Crippen molar-refractivity contribution in [1.82, 2.24) is 5.32 Å². The Labute approximate surface area is 193 Å². The van der Waals surface area contributed by atoms with Crippen molar-refractivity contribution < 1.29 is 18.3 Å². The van der Waals surface area contributed by atoms with Gasteiger partial charge in [0.25, 0.3) is 10.0 Å². The van der Waals surface area contributed by atoms with Crippen molar-refractivity contribution in [2.75, 3.05) is 30.2 Å². The van der Waals surface area contributed by atoms with Gasteiger partial charge in [0, 0.05) is 17.9 Å². The molecule has 0 aromatic heterocycles. The average Bonchev–Trinajstić information content (AvgIpc) is 2.82. The fourth-order valence-electron chi connectivity index (χ4n) is 3.03. The van der Waals surface area contributed by atoms with Crippen LogP contribution < -0.4 is 20.5 Å². The Morgan fingerprint density at radius 1 is 1.06 bits per heavy atom. The molecule has 5 N–H and O–H groups in total. The molecule has 0 spiro atoms. The van der Waals surface area contributed by atoms with Gasteiger partial charge < -0.3 is 20.9 Å². The van der Waals surface area contributed by atoms with Gasteiger partial charge in [-0.15, -0.1) is 0 Å². The summed E-state index contributed by atoms with van der Waals surface area (Å²) < 4.78 is 32.8. The lowest BCUT2D eigenvalue weighted by Crippen LogP contribution is -2.32. The van der Waals surface area contributed by atoms with E-state index in [1.165, 1.54) is 0 Å². The fourth-order valence-corrected chi connectivity index (χ4v) is 4.11. The van der Waals surface area contributed by atoms with Crippen LogP contribution in [0, 0.1) is 11.3 Å². The molecule has 0 aliphatic carbocycles. The molecule has 8 nitrogen and oxygen atoms in total. The summed E-state index contributed by atoms with van der Waals surface area (Å²) in [6, 6.07) is 22.1. The highest BCUT2D eigenvalue weighted by molar-refractivity contribution is 7.92. The summed E-state index contributed by atoms with van der Waals surface area (Å²) in [6.07, 6.45) is -0.00848. The minimum Gasteiger partial charge on any atom is -0.491 e. The molecule has 0 aliphatic heterocycles. The molecule has 1 atom stereocenters. The van der Waals surface area contributed by atoms with E-state index in [1.54, 1.807) is 60.7 Å². The Balaban J connectivity index is 1.39. The number of nitrogens with two attached hydrogens (primary N) is 1. The van der Waals surface area contributed by atoms with Gasteiger partial charge in [-0.2, -0.15) is 5.26 Å². The van der Waals surface area contributed by atoms with Crippen LogP contribution in [-0.4, -0.2) is 39.3 Å². The van der Waals surface area contributed by atoms with Crippen molar-refractivity contribution in [2.45, 2.75) is 17.4 Å². The lowest BCUT2D eigenvalue weighted by atomic mass is 10.1. The first-order valence-corrected chi connectivity index (χ1v) is 11.8. The third-order valence-electron chi connectivity index (χ3n) is 4.82. The zero-order chi connectivity index (χ0) is 23.7. The number of sulfonamides is 1. The molecule has 9 heteroatoms. The minimum absolute atomic E-state index is 0.0814. The third kappa shape index (κ3) is 7.22. The number of ether oxygens (including phenoxy) is 1. The van der Waals surface area contributed by atoms with Crippen LogP contribution in [-0.2, 0) is 16.4 Å². The van der Waals surface area contributed by atoms with E-state index in [0.717, 1.165) is 5.56 Å². The zero-order valence-corrected chi connectivity index (χ0v) is 18.8. The Hall–Kier alpha value is -3.58. The van der Waals surface area contributed by atoms with Gasteiger partial charge in [0.2, 0.25) is 0 Å². The molecule has 3 rings (SSSR count). The maximum absolute atomic E-state index is 12.4. The number of hydrogen-bond acceptors (Lipinski definition) is 7. The highest BCUT2D eigenvalue weighted by Gasteiger charge is 2.13. The molecule has 0 aliphatic rings. The molecule has 33 heavy (non-hydrogen) atoms. The van der Waals surface area contributed by atoms with Crippen LogP contribution in [0.15, 0.2) is 77.7 Å². The molecule has 0 saturated heterocycles. The minimum atomic E-state index is -3.61. The summed E-state index contributed by atoms with van der Waals surface area (Å²) >= 11 is 0. The maximum atomic E-state index is 12.4.